The van der Waals surface area contributed by atoms with E-state index in [4.69, 9.17) is 28.4 Å². The molecule has 18 unspecified atom stereocenters. The number of fused-ring (bicyclic) bond motifs is 5. The first-order valence-electron chi connectivity index (χ1n) is 24.4. The van der Waals surface area contributed by atoms with Gasteiger partial charge in [-0.25, -0.2) is 0 Å². The Kier molecular flexibility index (Phi) is 15.6. The molecule has 0 spiro atoms. The fourth-order valence-electron chi connectivity index (χ4n) is 13.9. The maximum absolute atomic E-state index is 15.0. The van der Waals surface area contributed by atoms with E-state index in [9.17, 15) is 66.4 Å². The molecule has 13 N–H and O–H groups in total. The Labute approximate surface area is 397 Å². The van der Waals surface area contributed by atoms with E-state index in [0.717, 1.165) is 12.0 Å². The van der Waals surface area contributed by atoms with Crippen molar-refractivity contribution in [3.63, 3.8) is 0 Å². The van der Waals surface area contributed by atoms with E-state index < -0.39 is 152 Å². The summed E-state index contributed by atoms with van der Waals surface area (Å²) in [5, 5.41) is 138. The molecule has 20 nitrogen and oxygen atoms in total. The van der Waals surface area contributed by atoms with Crippen LogP contribution in [-0.4, -0.2) is 208 Å². The van der Waals surface area contributed by atoms with Gasteiger partial charge in [0.1, 0.15) is 79.0 Å². The van der Waals surface area contributed by atoms with Gasteiger partial charge < -0.3 is 94.8 Å². The number of hydrogen-bond donors (Lipinski definition) is 13. The third-order valence-corrected chi connectivity index (χ3v) is 18.4. The first-order valence-corrected chi connectivity index (χ1v) is 24.4. The highest BCUT2D eigenvalue weighted by molar-refractivity contribution is 5.88. The van der Waals surface area contributed by atoms with Crippen LogP contribution in [0.25, 0.3) is 0 Å². The average Bonchev–Trinajstić information content (AvgIpc) is 3.55. The number of hydrogen-bond acceptors (Lipinski definition) is 20. The molecule has 0 aromatic rings. The van der Waals surface area contributed by atoms with Crippen molar-refractivity contribution in [3.8, 4) is 0 Å². The predicted octanol–water partition coefficient (Wildman–Crippen LogP) is -1.73. The van der Waals surface area contributed by atoms with E-state index in [1.54, 1.807) is 6.92 Å². The van der Waals surface area contributed by atoms with Crippen molar-refractivity contribution in [1.29, 1.82) is 0 Å². The average molecular weight is 977 g/mol. The topological polar surface area (TPSA) is 335 Å². The molecule has 20 heteroatoms. The predicted molar refractivity (Wildman–Crippen MR) is 235 cm³/mol. The van der Waals surface area contributed by atoms with Gasteiger partial charge in [0, 0.05) is 17.3 Å². The van der Waals surface area contributed by atoms with Crippen LogP contribution in [0.1, 0.15) is 107 Å². The number of carbonyl (C=O) groups excluding carboxylic acids is 1. The Morgan fingerprint density at radius 3 is 1.79 bits per heavy atom. The summed E-state index contributed by atoms with van der Waals surface area (Å²) >= 11 is 0. The molecule has 0 radical (unpaired) electrons. The van der Waals surface area contributed by atoms with Gasteiger partial charge in [0.15, 0.2) is 18.9 Å². The smallest absolute Gasteiger partial charge is 0.187 e. The second-order valence-corrected chi connectivity index (χ2v) is 23.1. The minimum atomic E-state index is -1.81. The van der Waals surface area contributed by atoms with E-state index in [-0.39, 0.29) is 48.2 Å². The molecular formula is C48H80O20. The van der Waals surface area contributed by atoms with Crippen molar-refractivity contribution in [3.05, 3.63) is 11.6 Å². The van der Waals surface area contributed by atoms with Crippen molar-refractivity contribution in [2.45, 2.75) is 222 Å². The summed E-state index contributed by atoms with van der Waals surface area (Å²) in [4.78, 5) is 15.0. The van der Waals surface area contributed by atoms with Crippen LogP contribution in [-0.2, 0) is 33.2 Å². The quantitative estimate of drug-likeness (QED) is 0.0860. The van der Waals surface area contributed by atoms with Crippen LogP contribution in [0.5, 0.6) is 0 Å². The van der Waals surface area contributed by atoms with Crippen molar-refractivity contribution >= 4 is 5.78 Å². The summed E-state index contributed by atoms with van der Waals surface area (Å²) in [6, 6.07) is 0. The molecule has 7 rings (SSSR count). The van der Waals surface area contributed by atoms with E-state index in [1.807, 2.05) is 13.8 Å². The number of carbonyl (C=O) groups is 1. The first-order chi connectivity index (χ1) is 31.5. The summed E-state index contributed by atoms with van der Waals surface area (Å²) in [6.45, 7) is 13.4. The Morgan fingerprint density at radius 1 is 0.691 bits per heavy atom. The van der Waals surface area contributed by atoms with Gasteiger partial charge in [-0.3, -0.25) is 4.79 Å². The molecular weight excluding hydrogens is 897 g/mol. The summed E-state index contributed by atoms with van der Waals surface area (Å²) < 4.78 is 35.1. The Morgan fingerprint density at radius 2 is 1.22 bits per heavy atom. The number of aliphatic hydroxyl groups is 13. The maximum atomic E-state index is 15.0. The maximum Gasteiger partial charge on any atom is 0.187 e. The van der Waals surface area contributed by atoms with Gasteiger partial charge in [-0.05, 0) is 94.3 Å². The lowest BCUT2D eigenvalue weighted by Crippen LogP contribution is -2.64. The van der Waals surface area contributed by atoms with Gasteiger partial charge in [0.25, 0.3) is 0 Å². The molecule has 4 aliphatic carbocycles. The van der Waals surface area contributed by atoms with Crippen molar-refractivity contribution in [2.75, 3.05) is 19.8 Å². The molecule has 68 heavy (non-hydrogen) atoms. The second kappa shape index (κ2) is 19.5. The van der Waals surface area contributed by atoms with Gasteiger partial charge in [0.05, 0.1) is 43.2 Å². The fourth-order valence-corrected chi connectivity index (χ4v) is 13.9. The van der Waals surface area contributed by atoms with Crippen molar-refractivity contribution in [1.82, 2.24) is 0 Å². The molecule has 7 aliphatic rings. The fraction of sp³-hybridized carbons (Fsp3) is 0.938. The Balaban J connectivity index is 1.04. The molecule has 0 amide bonds. The van der Waals surface area contributed by atoms with Crippen LogP contribution in [0, 0.1) is 39.4 Å². The van der Waals surface area contributed by atoms with Crippen LogP contribution in [0.15, 0.2) is 11.6 Å². The van der Waals surface area contributed by atoms with Gasteiger partial charge >= 0.3 is 0 Å². The van der Waals surface area contributed by atoms with Crippen LogP contribution in [0.4, 0.5) is 0 Å². The van der Waals surface area contributed by atoms with E-state index in [1.165, 1.54) is 13.8 Å². The van der Waals surface area contributed by atoms with E-state index in [0.29, 0.717) is 25.7 Å². The van der Waals surface area contributed by atoms with Crippen molar-refractivity contribution < 1.29 is 99.6 Å². The largest absolute Gasteiger partial charge is 0.394 e. The molecule has 3 saturated heterocycles. The van der Waals surface area contributed by atoms with Gasteiger partial charge in [-0.1, -0.05) is 46.3 Å². The van der Waals surface area contributed by atoms with Crippen LogP contribution in [0.2, 0.25) is 0 Å². The van der Waals surface area contributed by atoms with Crippen LogP contribution in [0.3, 0.4) is 0 Å². The van der Waals surface area contributed by atoms with E-state index >= 15 is 4.79 Å². The Hall–Kier alpha value is -1.35. The zero-order chi connectivity index (χ0) is 50.4. The number of allylic oxidation sites excluding steroid dienone is 1. The normalized spacial score (nSPS) is 49.8. The lowest BCUT2D eigenvalue weighted by atomic mass is 9.38. The SMILES string of the molecule is CC(C)(O)C(CC[C@](C)(O)[C@H]1CC[C@@]2(C)[C@@H]3CC=C4C(CCC(OC5OC(CO)C(O)C(O)C5O)C4(C)C)[C@]3(C)C(=O)C[C@]12C)OC1OC(COC2OC(CO)C(O)C(O)C2O)C(O)C(O)C1O. The molecule has 3 heterocycles. The van der Waals surface area contributed by atoms with E-state index in [2.05, 4.69) is 26.8 Å². The standard InChI is InChI=1S/C48H80O20/c1-43(2)21-9-11-27-45(5)15-13-26(46(45,6)17-28(51)48(27,8)22(21)10-12-29(43)67-41-38(59)35(56)32(53)24(19-50)65-41)47(7,62)16-14-30(44(3,4)61)68-42-39(60)36(57)33(54)25(66-42)20-63-40-37(58)34(55)31(52)23(18-49)64-40/h9,22-27,29-42,49-50,52-62H,10-20H2,1-8H3/t22?,23?,24?,25?,26-,27-,29?,30?,31?,32?,33?,34?,35?,36?,37?,38?,39?,40?,41?,42?,45-,46+,47-,48-/m0/s1. The number of rotatable bonds is 14. The number of ether oxygens (including phenoxy) is 6. The highest BCUT2D eigenvalue weighted by atomic mass is 16.7. The van der Waals surface area contributed by atoms with Crippen molar-refractivity contribution in [2.24, 2.45) is 39.4 Å². The molecule has 3 saturated carbocycles. The molecule has 0 aromatic carbocycles. The zero-order valence-corrected chi connectivity index (χ0v) is 40.6. The molecule has 3 aliphatic heterocycles. The molecule has 24 atom stereocenters. The lowest BCUT2D eigenvalue weighted by molar-refractivity contribution is -0.341. The molecule has 392 valence electrons. The molecule has 6 fully saturated rings. The Bertz CT molecular complexity index is 1800. The van der Waals surface area contributed by atoms with Gasteiger partial charge in [-0.2, -0.15) is 0 Å². The van der Waals surface area contributed by atoms with Gasteiger partial charge in [-0.15, -0.1) is 0 Å². The highest BCUT2D eigenvalue weighted by Gasteiger charge is 2.72. The third-order valence-electron chi connectivity index (χ3n) is 18.4. The van der Waals surface area contributed by atoms with Crippen LogP contribution < -0.4 is 0 Å². The summed E-state index contributed by atoms with van der Waals surface area (Å²) in [5.41, 5.74) is -4.25. The second-order valence-electron chi connectivity index (χ2n) is 23.1. The molecule has 0 aromatic heterocycles. The summed E-state index contributed by atoms with van der Waals surface area (Å²) in [7, 11) is 0. The monoisotopic (exact) mass is 977 g/mol. The first kappa shape index (κ1) is 54.4. The molecule has 0 bridgehead atoms. The number of ketones is 1. The highest BCUT2D eigenvalue weighted by Crippen LogP contribution is 2.74. The summed E-state index contributed by atoms with van der Waals surface area (Å²) in [5.74, 6) is -0.402. The number of aliphatic hydroxyl groups excluding tert-OH is 11. The lowest BCUT2D eigenvalue weighted by Gasteiger charge is -2.65. The zero-order valence-electron chi connectivity index (χ0n) is 40.6. The minimum Gasteiger partial charge on any atom is -0.394 e. The third kappa shape index (κ3) is 9.10. The van der Waals surface area contributed by atoms with Gasteiger partial charge in [0.2, 0.25) is 0 Å². The van der Waals surface area contributed by atoms with Crippen LogP contribution >= 0.6 is 0 Å². The minimum absolute atomic E-state index is 0.0434. The summed E-state index contributed by atoms with van der Waals surface area (Å²) in [6.07, 6.45) is -19.1. The number of Topliss-reactive ketones (excluding diaryl/α,β-unsaturated/α-hetero) is 1.